The number of nitrogens with one attached hydrogen (secondary N) is 2. The van der Waals surface area contributed by atoms with Gasteiger partial charge in [-0.1, -0.05) is 43.0 Å². The average Bonchev–Trinajstić information content (AvgIpc) is 3.52. The first-order valence-electron chi connectivity index (χ1n) is 13.5. The smallest absolute Gasteiger partial charge is 0.407 e. The summed E-state index contributed by atoms with van der Waals surface area (Å²) in [5.74, 6) is 0.526. The molecular weight excluding hydrogens is 522 g/mol. The number of carbonyl (C=O) groups excluding carboxylic acids is 2. The molecule has 2 aromatic heterocycles. The predicted octanol–water partition coefficient (Wildman–Crippen LogP) is 4.97. The number of aryl methyl sites for hydroxylation is 2. The van der Waals surface area contributed by atoms with Gasteiger partial charge in [0.25, 0.3) is 5.91 Å². The van der Waals surface area contributed by atoms with Gasteiger partial charge in [0.2, 0.25) is 5.95 Å². The number of alkyl carbamates (subject to hydrolysis) is 1. The first kappa shape index (κ1) is 27.5. The van der Waals surface area contributed by atoms with E-state index >= 15 is 0 Å². The second-order valence-corrected chi connectivity index (χ2v) is 9.68. The monoisotopic (exact) mass is 553 g/mol. The van der Waals surface area contributed by atoms with Crippen LogP contribution < -0.4 is 15.4 Å². The van der Waals surface area contributed by atoms with Gasteiger partial charge in [0.05, 0.1) is 28.9 Å². The maximum absolute atomic E-state index is 13.5. The largest absolute Gasteiger partial charge is 0.489 e. The predicted molar refractivity (Wildman–Crippen MR) is 154 cm³/mol. The fraction of sp³-hybridized carbons (Fsp3) is 0.300. The minimum absolute atomic E-state index is 0.172. The molecular formula is C30H31N7O4. The molecule has 0 bridgehead atoms. The van der Waals surface area contributed by atoms with Gasteiger partial charge in [-0.3, -0.25) is 14.8 Å². The quantitative estimate of drug-likeness (QED) is 0.265. The Hall–Kier alpha value is -5.11. The molecule has 2 N–H and O–H groups in total. The zero-order valence-corrected chi connectivity index (χ0v) is 23.0. The average molecular weight is 554 g/mol. The minimum Gasteiger partial charge on any atom is -0.489 e. The topological polar surface area (TPSA) is 136 Å². The number of imidazole rings is 1. The molecule has 0 unspecified atom stereocenters. The third kappa shape index (κ3) is 5.63. The van der Waals surface area contributed by atoms with Crippen LogP contribution in [0.25, 0.3) is 17.1 Å². The number of hydrogen-bond acceptors (Lipinski definition) is 7. The first-order chi connectivity index (χ1) is 19.9. The first-order valence-corrected chi connectivity index (χ1v) is 13.5. The molecule has 1 aliphatic rings. The van der Waals surface area contributed by atoms with Crippen molar-refractivity contribution < 1.29 is 19.1 Å². The Balaban J connectivity index is 1.33. The van der Waals surface area contributed by atoms with E-state index in [4.69, 9.17) is 14.5 Å². The second kappa shape index (κ2) is 12.0. The highest BCUT2D eigenvalue weighted by molar-refractivity contribution is 6.05. The SMILES string of the molecule is C=Cc1c(C)nn(CC)c1C(=O)Nc1nc2cc(C#N)cc3c2n1[C@@H](CCCNC(=O)OCc1ccccc1)CO3. The highest BCUT2D eigenvalue weighted by Gasteiger charge is 2.29. The van der Waals surface area contributed by atoms with Gasteiger partial charge in [-0.2, -0.15) is 10.4 Å². The summed E-state index contributed by atoms with van der Waals surface area (Å²) >= 11 is 0. The Morgan fingerprint density at radius 3 is 2.83 bits per heavy atom. The van der Waals surface area contributed by atoms with Crippen LogP contribution in [-0.4, -0.2) is 44.5 Å². The Kier molecular flexibility index (Phi) is 8.01. The Morgan fingerprint density at radius 1 is 1.29 bits per heavy atom. The third-order valence-electron chi connectivity index (χ3n) is 6.99. The van der Waals surface area contributed by atoms with Gasteiger partial charge in [-0.15, -0.1) is 0 Å². The van der Waals surface area contributed by atoms with Crippen LogP contribution >= 0.6 is 0 Å². The summed E-state index contributed by atoms with van der Waals surface area (Å²) in [6, 6.07) is 14.8. The normalized spacial score (nSPS) is 13.7. The van der Waals surface area contributed by atoms with Crippen molar-refractivity contribution in [3.8, 4) is 11.8 Å². The summed E-state index contributed by atoms with van der Waals surface area (Å²) < 4.78 is 14.9. The molecule has 210 valence electrons. The van der Waals surface area contributed by atoms with Crippen LogP contribution in [0.4, 0.5) is 10.7 Å². The molecule has 4 aromatic rings. The van der Waals surface area contributed by atoms with Crippen molar-refractivity contribution in [3.05, 3.63) is 77.1 Å². The second-order valence-electron chi connectivity index (χ2n) is 9.68. The van der Waals surface area contributed by atoms with Crippen LogP contribution in [0, 0.1) is 18.3 Å². The van der Waals surface area contributed by atoms with E-state index < -0.39 is 6.09 Å². The number of rotatable bonds is 10. The molecule has 2 amide bonds. The van der Waals surface area contributed by atoms with Crippen molar-refractivity contribution in [2.75, 3.05) is 18.5 Å². The fourth-order valence-electron chi connectivity index (χ4n) is 5.06. The van der Waals surface area contributed by atoms with Gasteiger partial charge in [0.1, 0.15) is 30.2 Å². The fourth-order valence-corrected chi connectivity index (χ4v) is 5.06. The lowest BCUT2D eigenvalue weighted by Gasteiger charge is -2.27. The van der Waals surface area contributed by atoms with E-state index in [1.807, 2.05) is 48.7 Å². The van der Waals surface area contributed by atoms with Crippen molar-refractivity contribution >= 4 is 35.1 Å². The van der Waals surface area contributed by atoms with Gasteiger partial charge in [0.15, 0.2) is 0 Å². The van der Waals surface area contributed by atoms with Gasteiger partial charge in [-0.05, 0) is 38.3 Å². The highest BCUT2D eigenvalue weighted by atomic mass is 16.5. The standard InChI is InChI=1S/C30H31N7O4/c1-4-23-19(3)35-36(5-2)26(23)28(38)34-29-33-24-14-21(16-31)15-25-27(24)37(29)22(18-40-25)12-9-13-32-30(39)41-17-20-10-7-6-8-11-20/h4,6-8,10-11,14-15,22H,1,5,9,12-13,17-18H2,2-3H3,(H,32,39)(H,33,34,38)/t22-/m0/s1. The van der Waals surface area contributed by atoms with E-state index in [1.165, 1.54) is 0 Å². The maximum Gasteiger partial charge on any atom is 0.407 e. The van der Waals surface area contributed by atoms with Crippen molar-refractivity contribution in [2.24, 2.45) is 0 Å². The number of carbonyl (C=O) groups is 2. The lowest BCUT2D eigenvalue weighted by atomic mass is 10.1. The molecule has 41 heavy (non-hydrogen) atoms. The molecule has 11 heteroatoms. The van der Waals surface area contributed by atoms with E-state index in [9.17, 15) is 14.9 Å². The number of hydrogen-bond donors (Lipinski definition) is 2. The molecule has 1 atom stereocenters. The lowest BCUT2D eigenvalue weighted by Crippen LogP contribution is -2.28. The maximum atomic E-state index is 13.5. The Morgan fingerprint density at radius 2 is 2.10 bits per heavy atom. The number of nitriles is 1. The summed E-state index contributed by atoms with van der Waals surface area (Å²) in [6.07, 6.45) is 2.41. The zero-order chi connectivity index (χ0) is 28.9. The zero-order valence-electron chi connectivity index (χ0n) is 23.0. The number of anilines is 1. The Labute approximate surface area is 237 Å². The number of benzene rings is 2. The molecule has 5 rings (SSSR count). The van der Waals surface area contributed by atoms with Crippen LogP contribution in [0.2, 0.25) is 0 Å². The molecule has 0 fully saturated rings. The van der Waals surface area contributed by atoms with E-state index in [0.29, 0.717) is 77.8 Å². The van der Waals surface area contributed by atoms with Crippen LogP contribution in [-0.2, 0) is 17.9 Å². The van der Waals surface area contributed by atoms with Crippen molar-refractivity contribution in [1.29, 1.82) is 5.26 Å². The molecule has 1 aliphatic heterocycles. The van der Waals surface area contributed by atoms with Crippen LogP contribution in [0.15, 0.2) is 49.0 Å². The molecule has 0 spiro atoms. The highest BCUT2D eigenvalue weighted by Crippen LogP contribution is 2.38. The summed E-state index contributed by atoms with van der Waals surface area (Å²) in [4.78, 5) is 30.4. The van der Waals surface area contributed by atoms with Crippen molar-refractivity contribution in [2.45, 2.75) is 45.9 Å². The summed E-state index contributed by atoms with van der Waals surface area (Å²) in [5, 5.41) is 19.7. The number of ether oxygens (including phenoxy) is 2. The van der Waals surface area contributed by atoms with Gasteiger partial charge in [-0.25, -0.2) is 9.78 Å². The molecule has 0 radical (unpaired) electrons. The van der Waals surface area contributed by atoms with E-state index in [0.717, 1.165) is 5.56 Å². The van der Waals surface area contributed by atoms with Gasteiger partial charge in [0, 0.05) is 24.7 Å². The molecule has 0 aliphatic carbocycles. The molecule has 11 nitrogen and oxygen atoms in total. The number of aromatic nitrogens is 4. The van der Waals surface area contributed by atoms with Crippen LogP contribution in [0.5, 0.6) is 5.75 Å². The molecule has 2 aromatic carbocycles. The molecule has 0 saturated carbocycles. The number of nitrogens with zero attached hydrogens (tertiary/aromatic N) is 5. The van der Waals surface area contributed by atoms with Crippen molar-refractivity contribution in [3.63, 3.8) is 0 Å². The van der Waals surface area contributed by atoms with Crippen LogP contribution in [0.1, 0.15) is 58.7 Å². The Bertz CT molecular complexity index is 1650. The third-order valence-corrected chi connectivity index (χ3v) is 6.99. The van der Waals surface area contributed by atoms with E-state index in [2.05, 4.69) is 28.4 Å². The number of amides is 2. The minimum atomic E-state index is -0.484. The van der Waals surface area contributed by atoms with E-state index in [1.54, 1.807) is 22.9 Å². The van der Waals surface area contributed by atoms with E-state index in [-0.39, 0.29) is 18.6 Å². The molecule has 0 saturated heterocycles. The summed E-state index contributed by atoms with van der Waals surface area (Å²) in [7, 11) is 0. The van der Waals surface area contributed by atoms with Gasteiger partial charge >= 0.3 is 6.09 Å². The summed E-state index contributed by atoms with van der Waals surface area (Å²) in [5.41, 5.74) is 4.36. The molecule has 3 heterocycles. The van der Waals surface area contributed by atoms with Gasteiger partial charge < -0.3 is 19.4 Å². The lowest BCUT2D eigenvalue weighted by molar-refractivity contribution is 0.101. The van der Waals surface area contributed by atoms with Crippen molar-refractivity contribution in [1.82, 2.24) is 24.6 Å². The van der Waals surface area contributed by atoms with Crippen LogP contribution in [0.3, 0.4) is 0 Å². The summed E-state index contributed by atoms with van der Waals surface area (Å²) in [6.45, 7) is 9.04.